The number of rotatable bonds is 3. The van der Waals surface area contributed by atoms with E-state index >= 15 is 0 Å². The summed E-state index contributed by atoms with van der Waals surface area (Å²) in [5.41, 5.74) is 3.16. The molecule has 1 amide bonds. The summed E-state index contributed by atoms with van der Waals surface area (Å²) in [5, 5.41) is 5.76. The maximum atomic E-state index is 11.8. The third kappa shape index (κ3) is 3.01. The number of hydrazone groups is 1. The summed E-state index contributed by atoms with van der Waals surface area (Å²) in [4.78, 5) is 11.8. The van der Waals surface area contributed by atoms with Crippen LogP contribution >= 0.6 is 0 Å². The Kier molecular flexibility index (Phi) is 3.92. The molecule has 1 unspecified atom stereocenters. The molecule has 2 aromatic carbocycles. The summed E-state index contributed by atoms with van der Waals surface area (Å²) < 4.78 is 5.92. The Morgan fingerprint density at radius 3 is 2.45 bits per heavy atom. The second-order valence-electron chi connectivity index (χ2n) is 5.40. The number of carbonyl (C=O) groups is 1. The summed E-state index contributed by atoms with van der Waals surface area (Å²) in [7, 11) is 0. The van der Waals surface area contributed by atoms with Gasteiger partial charge in [-0.05, 0) is 24.6 Å². The van der Waals surface area contributed by atoms with E-state index < -0.39 is 6.23 Å². The molecule has 4 nitrogen and oxygen atoms in total. The van der Waals surface area contributed by atoms with E-state index in [4.69, 9.17) is 4.74 Å². The van der Waals surface area contributed by atoms with Crippen molar-refractivity contribution in [3.05, 3.63) is 71.3 Å². The van der Waals surface area contributed by atoms with Crippen LogP contribution in [0.2, 0.25) is 0 Å². The molecule has 3 rings (SSSR count). The topological polar surface area (TPSA) is 41.9 Å². The molecular weight excluding hydrogens is 276 g/mol. The average molecular weight is 294 g/mol. The number of hydrogen-bond donors (Lipinski definition) is 0. The molecule has 112 valence electrons. The zero-order valence-corrected chi connectivity index (χ0v) is 12.7. The predicted molar refractivity (Wildman–Crippen MR) is 85.3 cm³/mol. The third-order valence-electron chi connectivity index (χ3n) is 3.59. The second-order valence-corrected chi connectivity index (χ2v) is 5.40. The smallest absolute Gasteiger partial charge is 0.242 e. The molecule has 0 bridgehead atoms. The van der Waals surface area contributed by atoms with Gasteiger partial charge in [0, 0.05) is 18.9 Å². The molecule has 0 aliphatic carbocycles. The highest BCUT2D eigenvalue weighted by atomic mass is 16.5. The minimum absolute atomic E-state index is 0.122. The molecule has 1 heterocycles. The molecule has 0 radical (unpaired) electrons. The van der Waals surface area contributed by atoms with E-state index in [9.17, 15) is 4.79 Å². The van der Waals surface area contributed by atoms with Crippen molar-refractivity contribution < 1.29 is 9.53 Å². The molecule has 0 aromatic heterocycles. The molecule has 0 N–H and O–H groups in total. The van der Waals surface area contributed by atoms with Crippen molar-refractivity contribution in [2.75, 3.05) is 0 Å². The van der Waals surface area contributed by atoms with Crippen LogP contribution < -0.4 is 0 Å². The number of carbonyl (C=O) groups excluding carboxylic acids is 1. The lowest BCUT2D eigenvalue weighted by Crippen LogP contribution is -2.33. The zero-order valence-electron chi connectivity index (χ0n) is 12.7. The Balaban J connectivity index is 1.82. The van der Waals surface area contributed by atoms with Crippen LogP contribution in [0, 0.1) is 6.92 Å². The van der Waals surface area contributed by atoms with Gasteiger partial charge in [-0.25, -0.2) is 0 Å². The lowest BCUT2D eigenvalue weighted by molar-refractivity contribution is -0.134. The van der Waals surface area contributed by atoms with Gasteiger partial charge in [-0.1, -0.05) is 48.0 Å². The number of aryl methyl sites for hydroxylation is 1. The van der Waals surface area contributed by atoms with Crippen molar-refractivity contribution in [3.8, 4) is 0 Å². The van der Waals surface area contributed by atoms with Gasteiger partial charge in [0.1, 0.15) is 0 Å². The van der Waals surface area contributed by atoms with E-state index in [2.05, 4.69) is 5.10 Å². The number of ether oxygens (including phenoxy) is 1. The molecule has 2 aromatic rings. The molecule has 0 fully saturated rings. The summed E-state index contributed by atoms with van der Waals surface area (Å²) >= 11 is 0. The van der Waals surface area contributed by atoms with Gasteiger partial charge >= 0.3 is 0 Å². The molecule has 1 atom stereocenters. The van der Waals surface area contributed by atoms with Gasteiger partial charge in [0.05, 0.1) is 0 Å². The Morgan fingerprint density at radius 2 is 1.82 bits per heavy atom. The van der Waals surface area contributed by atoms with Crippen molar-refractivity contribution in [2.24, 2.45) is 5.10 Å². The van der Waals surface area contributed by atoms with Gasteiger partial charge in [0.2, 0.25) is 18.0 Å². The maximum Gasteiger partial charge on any atom is 0.242 e. The van der Waals surface area contributed by atoms with Gasteiger partial charge in [0.15, 0.2) is 0 Å². The SMILES string of the molecule is CC(=O)N1N=C(c2ccc(C)cc2)OC1Cc1ccccc1. The molecule has 1 aliphatic rings. The van der Waals surface area contributed by atoms with Crippen LogP contribution in [0.4, 0.5) is 0 Å². The average Bonchev–Trinajstić information content (AvgIpc) is 2.93. The summed E-state index contributed by atoms with van der Waals surface area (Å²) in [6.45, 7) is 3.53. The van der Waals surface area contributed by atoms with E-state index in [-0.39, 0.29) is 5.91 Å². The van der Waals surface area contributed by atoms with Crippen LogP contribution in [0.5, 0.6) is 0 Å². The quantitative estimate of drug-likeness (QED) is 0.873. The van der Waals surface area contributed by atoms with Crippen molar-refractivity contribution in [2.45, 2.75) is 26.5 Å². The normalized spacial score (nSPS) is 17.1. The molecule has 4 heteroatoms. The first-order chi connectivity index (χ1) is 10.6. The first-order valence-electron chi connectivity index (χ1n) is 7.29. The van der Waals surface area contributed by atoms with Gasteiger partial charge in [-0.15, -0.1) is 5.10 Å². The molecule has 0 saturated heterocycles. The van der Waals surface area contributed by atoms with Gasteiger partial charge < -0.3 is 4.74 Å². The van der Waals surface area contributed by atoms with Crippen LogP contribution in [0.3, 0.4) is 0 Å². The lowest BCUT2D eigenvalue weighted by Gasteiger charge is -2.18. The van der Waals surface area contributed by atoms with E-state index in [1.54, 1.807) is 0 Å². The lowest BCUT2D eigenvalue weighted by atomic mass is 10.1. The van der Waals surface area contributed by atoms with E-state index in [0.717, 1.165) is 11.1 Å². The van der Waals surface area contributed by atoms with Crippen molar-refractivity contribution >= 4 is 11.8 Å². The maximum absolute atomic E-state index is 11.8. The highest BCUT2D eigenvalue weighted by Crippen LogP contribution is 2.21. The van der Waals surface area contributed by atoms with Gasteiger partial charge in [-0.3, -0.25) is 4.79 Å². The minimum Gasteiger partial charge on any atom is -0.450 e. The van der Waals surface area contributed by atoms with Crippen molar-refractivity contribution in [1.29, 1.82) is 0 Å². The summed E-state index contributed by atoms with van der Waals surface area (Å²) in [6, 6.07) is 17.9. The second kappa shape index (κ2) is 6.02. The fourth-order valence-corrected chi connectivity index (χ4v) is 2.40. The molecule has 22 heavy (non-hydrogen) atoms. The van der Waals surface area contributed by atoms with Crippen molar-refractivity contribution in [1.82, 2.24) is 5.01 Å². The molecule has 1 aliphatic heterocycles. The van der Waals surface area contributed by atoms with Crippen LogP contribution in [-0.2, 0) is 16.0 Å². The molecule has 0 saturated carbocycles. The van der Waals surface area contributed by atoms with E-state index in [1.807, 2.05) is 61.5 Å². The first-order valence-corrected chi connectivity index (χ1v) is 7.29. The number of benzene rings is 2. The van der Waals surface area contributed by atoms with Crippen LogP contribution in [-0.4, -0.2) is 23.0 Å². The fraction of sp³-hybridized carbons (Fsp3) is 0.222. The highest BCUT2D eigenvalue weighted by molar-refractivity contribution is 5.96. The Morgan fingerprint density at radius 1 is 1.14 bits per heavy atom. The predicted octanol–water partition coefficient (Wildman–Crippen LogP) is 3.10. The highest BCUT2D eigenvalue weighted by Gasteiger charge is 2.31. The third-order valence-corrected chi connectivity index (χ3v) is 3.59. The fourth-order valence-electron chi connectivity index (χ4n) is 2.40. The molecular formula is C18H18N2O2. The van der Waals surface area contributed by atoms with Crippen LogP contribution in [0.25, 0.3) is 0 Å². The standard InChI is InChI=1S/C18H18N2O2/c1-13-8-10-16(11-9-13)18-19-20(14(2)21)17(22-18)12-15-6-4-3-5-7-15/h3-11,17H,12H2,1-2H3. The zero-order chi connectivity index (χ0) is 15.5. The Bertz CT molecular complexity index is 693. The van der Waals surface area contributed by atoms with Gasteiger partial charge in [-0.2, -0.15) is 5.01 Å². The molecule has 0 spiro atoms. The van der Waals surface area contributed by atoms with Gasteiger partial charge in [0.25, 0.3) is 0 Å². The Labute approximate surface area is 130 Å². The largest absolute Gasteiger partial charge is 0.450 e. The minimum atomic E-state index is -0.392. The van der Waals surface area contributed by atoms with E-state index in [0.29, 0.717) is 12.3 Å². The summed E-state index contributed by atoms with van der Waals surface area (Å²) in [5.74, 6) is 0.374. The summed E-state index contributed by atoms with van der Waals surface area (Å²) in [6.07, 6.45) is 0.218. The Hall–Kier alpha value is -2.62. The van der Waals surface area contributed by atoms with Crippen LogP contribution in [0.15, 0.2) is 59.7 Å². The number of amides is 1. The van der Waals surface area contributed by atoms with Crippen LogP contribution in [0.1, 0.15) is 23.6 Å². The number of nitrogens with zero attached hydrogens (tertiary/aromatic N) is 2. The monoisotopic (exact) mass is 294 g/mol. The van der Waals surface area contributed by atoms with Crippen molar-refractivity contribution in [3.63, 3.8) is 0 Å². The first kappa shape index (κ1) is 14.3. The van der Waals surface area contributed by atoms with E-state index in [1.165, 1.54) is 17.5 Å². The number of hydrogen-bond acceptors (Lipinski definition) is 3.